The van der Waals surface area contributed by atoms with Crippen LogP contribution in [0.2, 0.25) is 0 Å². The maximum atomic E-state index is 12.3. The highest BCUT2D eigenvalue weighted by Gasteiger charge is 2.33. The van der Waals surface area contributed by atoms with Crippen LogP contribution in [0.3, 0.4) is 0 Å². The third-order valence-corrected chi connectivity index (χ3v) is 4.49. The van der Waals surface area contributed by atoms with Crippen LogP contribution in [0.5, 0.6) is 0 Å². The van der Waals surface area contributed by atoms with E-state index in [1.807, 2.05) is 37.3 Å². The maximum Gasteiger partial charge on any atom is 0.246 e. The summed E-state index contributed by atoms with van der Waals surface area (Å²) in [5.74, 6) is -0.111. The molecule has 3 rings (SSSR count). The highest BCUT2D eigenvalue weighted by Crippen LogP contribution is 2.37. The summed E-state index contributed by atoms with van der Waals surface area (Å²) in [7, 11) is 0. The number of fused-ring (bicyclic) bond motifs is 2. The highest BCUT2D eigenvalue weighted by molar-refractivity contribution is 5.88. The number of pyridine rings is 1. The lowest BCUT2D eigenvalue weighted by Crippen LogP contribution is -2.27. The molecule has 122 valence electrons. The Morgan fingerprint density at radius 3 is 2.92 bits per heavy atom. The second kappa shape index (κ2) is 6.79. The summed E-state index contributed by atoms with van der Waals surface area (Å²) in [5, 5.41) is 1.07. The molecule has 2 aromatic rings. The Labute approximate surface area is 141 Å². The van der Waals surface area contributed by atoms with Crippen molar-refractivity contribution in [2.75, 3.05) is 0 Å². The molecule has 4 nitrogen and oxygen atoms in total. The number of para-hydroxylation sites is 1. The molecule has 0 radical (unpaired) electrons. The van der Waals surface area contributed by atoms with Crippen molar-refractivity contribution < 1.29 is 9.59 Å². The second-order valence-electron chi connectivity index (χ2n) is 5.90. The molecule has 0 N–H and O–H groups in total. The number of hydrogen-bond acceptors (Lipinski definition) is 3. The molecule has 1 unspecified atom stereocenters. The third kappa shape index (κ3) is 2.87. The van der Waals surface area contributed by atoms with E-state index in [4.69, 9.17) is 4.98 Å². The van der Waals surface area contributed by atoms with E-state index in [0.717, 1.165) is 34.0 Å². The van der Waals surface area contributed by atoms with Gasteiger partial charge in [0.25, 0.3) is 0 Å². The summed E-state index contributed by atoms with van der Waals surface area (Å²) in [6.07, 6.45) is 5.39. The molecule has 24 heavy (non-hydrogen) atoms. The first-order chi connectivity index (χ1) is 11.7. The summed E-state index contributed by atoms with van der Waals surface area (Å²) in [5.41, 5.74) is 3.65. The van der Waals surface area contributed by atoms with Gasteiger partial charge < -0.3 is 4.90 Å². The van der Waals surface area contributed by atoms with Gasteiger partial charge in [-0.15, -0.1) is 0 Å². The highest BCUT2D eigenvalue weighted by atomic mass is 16.2. The van der Waals surface area contributed by atoms with E-state index in [1.165, 1.54) is 6.08 Å². The zero-order chi connectivity index (χ0) is 17.1. The Morgan fingerprint density at radius 1 is 1.42 bits per heavy atom. The molecule has 1 atom stereocenters. The summed E-state index contributed by atoms with van der Waals surface area (Å²) in [6, 6.07) is 9.89. The first-order valence-corrected chi connectivity index (χ1v) is 8.13. The van der Waals surface area contributed by atoms with Gasteiger partial charge in [0.15, 0.2) is 0 Å². The Hall–Kier alpha value is -2.75. The quantitative estimate of drug-likeness (QED) is 0.623. The lowest BCUT2D eigenvalue weighted by Gasteiger charge is -2.22. The number of carbonyl (C=O) groups is 2. The topological polar surface area (TPSA) is 50.3 Å². The average Bonchev–Trinajstić information content (AvgIpc) is 2.97. The van der Waals surface area contributed by atoms with Gasteiger partial charge in [-0.1, -0.05) is 37.8 Å². The number of aromatic nitrogens is 1. The largest absolute Gasteiger partial charge is 0.326 e. The normalized spacial score (nSPS) is 17.0. The molecule has 2 heterocycles. The minimum Gasteiger partial charge on any atom is -0.326 e. The molecule has 4 heteroatoms. The van der Waals surface area contributed by atoms with E-state index in [9.17, 15) is 9.59 Å². The lowest BCUT2D eigenvalue weighted by atomic mass is 10.0. The molecular weight excluding hydrogens is 300 g/mol. The monoisotopic (exact) mass is 320 g/mol. The van der Waals surface area contributed by atoms with Gasteiger partial charge in [0.05, 0.1) is 17.3 Å². The van der Waals surface area contributed by atoms with E-state index < -0.39 is 0 Å². The first-order valence-electron chi connectivity index (χ1n) is 8.13. The molecule has 1 amide bonds. The Kier molecular flexibility index (Phi) is 4.56. The molecule has 1 aromatic carbocycles. The standard InChI is InChI=1S/C20H20N2O2/c1-3-14(13-23)9-10-18-20-16(12-22(18)19(24)4-2)11-15-7-5-6-8-17(15)21-20/h4-9,11,13,18H,2-3,10,12H2,1H3/b14-9+. The van der Waals surface area contributed by atoms with Crippen molar-refractivity contribution in [1.29, 1.82) is 0 Å². The molecule has 0 bridgehead atoms. The SMILES string of the molecule is C=CC(=O)N1Cc2cc3ccccc3nc2C1C/C=C(/C=O)CC. The van der Waals surface area contributed by atoms with Gasteiger partial charge in [-0.2, -0.15) is 0 Å². The van der Waals surface area contributed by atoms with Crippen LogP contribution in [-0.4, -0.2) is 22.1 Å². The van der Waals surface area contributed by atoms with Crippen LogP contribution in [0.1, 0.15) is 37.1 Å². The summed E-state index contributed by atoms with van der Waals surface area (Å²) in [6.45, 7) is 6.07. The minimum absolute atomic E-state index is 0.111. The second-order valence-corrected chi connectivity index (χ2v) is 5.90. The number of carbonyl (C=O) groups excluding carboxylic acids is 2. The van der Waals surface area contributed by atoms with Crippen LogP contribution in [0, 0.1) is 0 Å². The molecule has 0 aliphatic carbocycles. The summed E-state index contributed by atoms with van der Waals surface area (Å²) >= 11 is 0. The minimum atomic E-state index is -0.156. The maximum absolute atomic E-state index is 12.3. The van der Waals surface area contributed by atoms with Crippen molar-refractivity contribution in [1.82, 2.24) is 9.88 Å². The molecule has 0 saturated heterocycles. The smallest absolute Gasteiger partial charge is 0.246 e. The van der Waals surface area contributed by atoms with Crippen molar-refractivity contribution in [3.05, 3.63) is 65.9 Å². The fourth-order valence-electron chi connectivity index (χ4n) is 3.16. The van der Waals surface area contributed by atoms with Crippen LogP contribution in [0.25, 0.3) is 10.9 Å². The van der Waals surface area contributed by atoms with Crippen molar-refractivity contribution in [2.24, 2.45) is 0 Å². The van der Waals surface area contributed by atoms with Gasteiger partial charge in [0.2, 0.25) is 5.91 Å². The van der Waals surface area contributed by atoms with Gasteiger partial charge >= 0.3 is 0 Å². The van der Waals surface area contributed by atoms with Gasteiger partial charge in [0, 0.05) is 11.9 Å². The van der Waals surface area contributed by atoms with Crippen molar-refractivity contribution in [3.63, 3.8) is 0 Å². The van der Waals surface area contributed by atoms with E-state index >= 15 is 0 Å². The number of rotatable bonds is 5. The Balaban J connectivity index is 2.04. The number of allylic oxidation sites excluding steroid dienone is 1. The predicted molar refractivity (Wildman–Crippen MR) is 94.3 cm³/mol. The van der Waals surface area contributed by atoms with Crippen LogP contribution in [-0.2, 0) is 16.1 Å². The van der Waals surface area contributed by atoms with Gasteiger partial charge in [-0.05, 0) is 42.2 Å². The first kappa shape index (κ1) is 16.1. The predicted octanol–water partition coefficient (Wildman–Crippen LogP) is 3.73. The summed E-state index contributed by atoms with van der Waals surface area (Å²) in [4.78, 5) is 29.9. The fourth-order valence-corrected chi connectivity index (χ4v) is 3.16. The van der Waals surface area contributed by atoms with Crippen LogP contribution >= 0.6 is 0 Å². The molecular formula is C20H20N2O2. The van der Waals surface area contributed by atoms with Crippen molar-refractivity contribution in [2.45, 2.75) is 32.4 Å². The van der Waals surface area contributed by atoms with E-state index in [-0.39, 0.29) is 11.9 Å². The van der Waals surface area contributed by atoms with Crippen molar-refractivity contribution >= 4 is 23.1 Å². The number of aldehydes is 1. The van der Waals surface area contributed by atoms with Gasteiger partial charge in [0.1, 0.15) is 6.29 Å². The summed E-state index contributed by atoms with van der Waals surface area (Å²) < 4.78 is 0. The fraction of sp³-hybridized carbons (Fsp3) is 0.250. The Bertz CT molecular complexity index is 839. The lowest BCUT2D eigenvalue weighted by molar-refractivity contribution is -0.128. The van der Waals surface area contributed by atoms with E-state index in [1.54, 1.807) is 4.90 Å². The zero-order valence-corrected chi connectivity index (χ0v) is 13.7. The number of nitrogens with zero attached hydrogens (tertiary/aromatic N) is 2. The number of benzene rings is 1. The Morgan fingerprint density at radius 2 is 2.21 bits per heavy atom. The van der Waals surface area contributed by atoms with Crippen LogP contribution < -0.4 is 0 Å². The van der Waals surface area contributed by atoms with Crippen molar-refractivity contribution in [3.8, 4) is 0 Å². The van der Waals surface area contributed by atoms with Gasteiger partial charge in [-0.3, -0.25) is 14.6 Å². The number of amides is 1. The molecule has 0 fully saturated rings. The molecule has 1 aromatic heterocycles. The third-order valence-electron chi connectivity index (χ3n) is 4.49. The zero-order valence-electron chi connectivity index (χ0n) is 13.7. The average molecular weight is 320 g/mol. The molecule has 1 aliphatic heterocycles. The van der Waals surface area contributed by atoms with E-state index in [2.05, 4.69) is 12.6 Å². The van der Waals surface area contributed by atoms with Crippen LogP contribution in [0.4, 0.5) is 0 Å². The number of hydrogen-bond donors (Lipinski definition) is 0. The van der Waals surface area contributed by atoms with E-state index in [0.29, 0.717) is 19.4 Å². The van der Waals surface area contributed by atoms with Crippen LogP contribution in [0.15, 0.2) is 54.6 Å². The van der Waals surface area contributed by atoms with Gasteiger partial charge in [-0.25, -0.2) is 0 Å². The molecule has 1 aliphatic rings. The molecule has 0 saturated carbocycles. The molecule has 0 spiro atoms.